The van der Waals surface area contributed by atoms with Gasteiger partial charge in [-0.05, 0) is 61.4 Å². The van der Waals surface area contributed by atoms with Gasteiger partial charge in [-0.15, -0.1) is 0 Å². The number of para-hydroxylation sites is 1. The second kappa shape index (κ2) is 8.05. The minimum atomic E-state index is -3.92. The number of benzene rings is 2. The first-order valence-corrected chi connectivity index (χ1v) is 11.2. The molecule has 158 valence electrons. The summed E-state index contributed by atoms with van der Waals surface area (Å²) in [5.41, 5.74) is 3.05. The zero-order valence-corrected chi connectivity index (χ0v) is 18.3. The van der Waals surface area contributed by atoms with Gasteiger partial charge in [0.05, 0.1) is 15.6 Å². The number of anilines is 2. The molecule has 2 N–H and O–H groups in total. The summed E-state index contributed by atoms with van der Waals surface area (Å²) in [5, 5.41) is 3.00. The van der Waals surface area contributed by atoms with Gasteiger partial charge in [-0.1, -0.05) is 29.8 Å². The molecule has 0 saturated carbocycles. The Morgan fingerprint density at radius 2 is 1.84 bits per heavy atom. The molecule has 1 amide bonds. The second-order valence-corrected chi connectivity index (χ2v) is 9.17. The minimum absolute atomic E-state index is 0.0378. The molecule has 2 aromatic carbocycles. The maximum Gasteiger partial charge on any atom is 0.275 e. The lowest BCUT2D eigenvalue weighted by Gasteiger charge is -2.13. The lowest BCUT2D eigenvalue weighted by Crippen LogP contribution is -2.16. The van der Waals surface area contributed by atoms with Crippen molar-refractivity contribution >= 4 is 44.6 Å². The van der Waals surface area contributed by atoms with E-state index >= 15 is 0 Å². The molecular formula is C22H19ClN4O3S. The Hall–Kier alpha value is -3.36. The molecule has 0 atom stereocenters. The van der Waals surface area contributed by atoms with Gasteiger partial charge >= 0.3 is 0 Å². The number of imidazole rings is 1. The molecule has 0 fully saturated rings. The molecule has 4 aromatic rings. The molecule has 0 radical (unpaired) electrons. The first-order valence-electron chi connectivity index (χ1n) is 9.38. The van der Waals surface area contributed by atoms with E-state index in [1.165, 1.54) is 6.07 Å². The van der Waals surface area contributed by atoms with Crippen LogP contribution in [-0.2, 0) is 10.0 Å². The molecule has 7 nitrogen and oxygen atoms in total. The number of carbonyl (C=O) groups excluding carboxylic acids is 1. The number of hydrogen-bond donors (Lipinski definition) is 2. The van der Waals surface area contributed by atoms with Crippen molar-refractivity contribution < 1.29 is 13.2 Å². The quantitative estimate of drug-likeness (QED) is 0.458. The largest absolute Gasteiger partial charge is 0.321 e. The van der Waals surface area contributed by atoms with Gasteiger partial charge in [-0.2, -0.15) is 0 Å². The Kier molecular flexibility index (Phi) is 5.43. The molecule has 4 rings (SSSR count). The topological polar surface area (TPSA) is 92.6 Å². The van der Waals surface area contributed by atoms with Gasteiger partial charge < -0.3 is 9.72 Å². The Morgan fingerprint density at radius 1 is 1.06 bits per heavy atom. The van der Waals surface area contributed by atoms with Crippen LogP contribution in [0.1, 0.15) is 21.6 Å². The summed E-state index contributed by atoms with van der Waals surface area (Å²) in [6, 6.07) is 15.0. The maximum absolute atomic E-state index is 12.9. The van der Waals surface area contributed by atoms with E-state index in [0.717, 1.165) is 5.56 Å². The molecule has 0 bridgehead atoms. The fourth-order valence-corrected chi connectivity index (χ4v) is 4.69. The zero-order valence-electron chi connectivity index (χ0n) is 16.8. The van der Waals surface area contributed by atoms with Crippen LogP contribution in [-0.4, -0.2) is 23.7 Å². The molecule has 0 aliphatic rings. The number of aromatic nitrogens is 2. The van der Waals surface area contributed by atoms with E-state index in [2.05, 4.69) is 15.0 Å². The second-order valence-electron chi connectivity index (χ2n) is 7.12. The van der Waals surface area contributed by atoms with Gasteiger partial charge in [-0.3, -0.25) is 9.52 Å². The lowest BCUT2D eigenvalue weighted by molar-refractivity contribution is 0.102. The maximum atomic E-state index is 12.9. The number of pyridine rings is 1. The molecule has 31 heavy (non-hydrogen) atoms. The molecule has 0 aliphatic carbocycles. The van der Waals surface area contributed by atoms with Crippen molar-refractivity contribution in [1.82, 2.24) is 9.38 Å². The number of hydrogen-bond acceptors (Lipinski definition) is 4. The smallest absolute Gasteiger partial charge is 0.275 e. The average molecular weight is 455 g/mol. The summed E-state index contributed by atoms with van der Waals surface area (Å²) in [7, 11) is -3.92. The third kappa shape index (κ3) is 4.40. The highest BCUT2D eigenvalue weighted by Gasteiger charge is 2.20. The molecule has 0 spiro atoms. The van der Waals surface area contributed by atoms with Gasteiger partial charge in [-0.25, -0.2) is 13.4 Å². The van der Waals surface area contributed by atoms with Crippen LogP contribution in [0.2, 0.25) is 5.02 Å². The summed E-state index contributed by atoms with van der Waals surface area (Å²) >= 11 is 6.08. The zero-order chi connectivity index (χ0) is 22.2. The van der Waals surface area contributed by atoms with Crippen molar-refractivity contribution in [3.05, 3.63) is 88.8 Å². The van der Waals surface area contributed by atoms with E-state index < -0.39 is 15.9 Å². The van der Waals surface area contributed by atoms with Crippen molar-refractivity contribution in [2.45, 2.75) is 18.7 Å². The molecule has 0 aliphatic heterocycles. The van der Waals surface area contributed by atoms with Crippen LogP contribution in [0.15, 0.2) is 71.9 Å². The fourth-order valence-electron chi connectivity index (χ4n) is 3.10. The monoisotopic (exact) mass is 454 g/mol. The molecule has 0 unspecified atom stereocenters. The molecule has 2 aromatic heterocycles. The van der Waals surface area contributed by atoms with Gasteiger partial charge in [0.25, 0.3) is 15.9 Å². The van der Waals surface area contributed by atoms with Crippen LogP contribution in [0.4, 0.5) is 11.4 Å². The number of nitrogens with zero attached hydrogens (tertiary/aromatic N) is 2. The van der Waals surface area contributed by atoms with Crippen molar-refractivity contribution in [1.29, 1.82) is 0 Å². The van der Waals surface area contributed by atoms with Crippen LogP contribution in [0.5, 0.6) is 0 Å². The van der Waals surface area contributed by atoms with Crippen LogP contribution < -0.4 is 10.0 Å². The number of amides is 1. The third-order valence-corrected chi connectivity index (χ3v) is 6.54. The highest BCUT2D eigenvalue weighted by molar-refractivity contribution is 7.92. The predicted molar refractivity (Wildman–Crippen MR) is 121 cm³/mol. The Labute approximate surface area is 184 Å². The normalized spacial score (nSPS) is 11.5. The van der Waals surface area contributed by atoms with Crippen LogP contribution >= 0.6 is 11.6 Å². The van der Waals surface area contributed by atoms with Crippen LogP contribution in [0.3, 0.4) is 0 Å². The van der Waals surface area contributed by atoms with Crippen molar-refractivity contribution in [3.8, 4) is 0 Å². The molecule has 0 saturated heterocycles. The number of sulfonamides is 1. The number of rotatable bonds is 5. The van der Waals surface area contributed by atoms with Gasteiger partial charge in [0.1, 0.15) is 11.3 Å². The first-order chi connectivity index (χ1) is 14.7. The van der Waals surface area contributed by atoms with Crippen molar-refractivity contribution in [2.24, 2.45) is 0 Å². The van der Waals surface area contributed by atoms with E-state index in [1.54, 1.807) is 53.9 Å². The van der Waals surface area contributed by atoms with Crippen molar-refractivity contribution in [3.63, 3.8) is 0 Å². The molecular weight excluding hydrogens is 436 g/mol. The number of aryl methyl sites for hydroxylation is 2. The van der Waals surface area contributed by atoms with Gasteiger partial charge in [0.2, 0.25) is 0 Å². The van der Waals surface area contributed by atoms with E-state index in [4.69, 9.17) is 11.6 Å². The first kappa shape index (κ1) is 20.9. The lowest BCUT2D eigenvalue weighted by atomic mass is 10.2. The van der Waals surface area contributed by atoms with E-state index in [1.807, 2.05) is 25.3 Å². The number of carbonyl (C=O) groups is 1. The van der Waals surface area contributed by atoms with E-state index in [9.17, 15) is 13.2 Å². The Bertz CT molecular complexity index is 1410. The standard InChI is InChI=1S/C22H19ClN4O3S/c1-14-9-10-27-13-19(25-21(27)11-14)22(28)24-16-8-7-15(2)20(12-16)31(29,30)26-18-6-4-3-5-17(18)23/h3-13,26H,1-2H3,(H,24,28). The number of nitrogens with one attached hydrogen (secondary N) is 2. The third-order valence-electron chi connectivity index (χ3n) is 4.70. The van der Waals surface area contributed by atoms with Gasteiger partial charge in [0.15, 0.2) is 0 Å². The summed E-state index contributed by atoms with van der Waals surface area (Å²) in [6.07, 6.45) is 3.44. The summed E-state index contributed by atoms with van der Waals surface area (Å²) in [5.74, 6) is -0.437. The summed E-state index contributed by atoms with van der Waals surface area (Å²) < 4.78 is 30.1. The van der Waals surface area contributed by atoms with Gasteiger partial charge in [0, 0.05) is 18.1 Å². The van der Waals surface area contributed by atoms with Crippen molar-refractivity contribution in [2.75, 3.05) is 10.0 Å². The minimum Gasteiger partial charge on any atom is -0.321 e. The average Bonchev–Trinajstić information content (AvgIpc) is 3.14. The van der Waals surface area contributed by atoms with E-state index in [-0.39, 0.29) is 21.3 Å². The Morgan fingerprint density at radius 3 is 2.61 bits per heavy atom. The highest BCUT2D eigenvalue weighted by atomic mass is 35.5. The Balaban J connectivity index is 1.61. The molecule has 2 heterocycles. The summed E-state index contributed by atoms with van der Waals surface area (Å²) in [6.45, 7) is 3.62. The van der Waals surface area contributed by atoms with Crippen LogP contribution in [0, 0.1) is 13.8 Å². The number of halogens is 1. The summed E-state index contributed by atoms with van der Waals surface area (Å²) in [4.78, 5) is 17.0. The number of fused-ring (bicyclic) bond motifs is 1. The predicted octanol–water partition coefficient (Wildman–Crippen LogP) is 4.66. The van der Waals surface area contributed by atoms with E-state index in [0.29, 0.717) is 16.9 Å². The highest BCUT2D eigenvalue weighted by Crippen LogP contribution is 2.27. The SMILES string of the molecule is Cc1ccn2cc(C(=O)Nc3ccc(C)c(S(=O)(=O)Nc4ccccc4Cl)c3)nc2c1. The molecule has 9 heteroatoms. The van der Waals surface area contributed by atoms with Crippen LogP contribution in [0.25, 0.3) is 5.65 Å². The fraction of sp³-hybridized carbons (Fsp3) is 0.0909.